The summed E-state index contributed by atoms with van der Waals surface area (Å²) in [6.07, 6.45) is 9.99. The van der Waals surface area contributed by atoms with Crippen LogP contribution in [0.25, 0.3) is 0 Å². The molecule has 0 saturated carbocycles. The summed E-state index contributed by atoms with van der Waals surface area (Å²) in [6, 6.07) is 0. The van der Waals surface area contributed by atoms with Gasteiger partial charge < -0.3 is 5.11 Å². The third-order valence-corrected chi connectivity index (χ3v) is 3.16. The summed E-state index contributed by atoms with van der Waals surface area (Å²) in [6.45, 7) is 10.5. The lowest BCUT2D eigenvalue weighted by Gasteiger charge is -2.24. The van der Waals surface area contributed by atoms with Gasteiger partial charge in [0, 0.05) is 0 Å². The Balaban J connectivity index is 2.82. The fraction of sp³-hybridized carbons (Fsp3) is 0.600. The lowest BCUT2D eigenvalue weighted by Crippen LogP contribution is -2.20. The van der Waals surface area contributed by atoms with Crippen LogP contribution in [0.15, 0.2) is 36.0 Å². The van der Waals surface area contributed by atoms with E-state index in [9.17, 15) is 5.11 Å². The molecule has 1 rings (SSSR count). The van der Waals surface area contributed by atoms with Crippen molar-refractivity contribution in [2.75, 3.05) is 0 Å². The van der Waals surface area contributed by atoms with Crippen molar-refractivity contribution in [3.8, 4) is 0 Å². The van der Waals surface area contributed by atoms with Crippen molar-refractivity contribution in [2.45, 2.75) is 52.6 Å². The first-order valence-electron chi connectivity index (χ1n) is 6.10. The monoisotopic (exact) mass is 220 g/mol. The number of aliphatic hydroxyl groups excluding tert-OH is 1. The van der Waals surface area contributed by atoms with E-state index in [0.717, 1.165) is 31.3 Å². The van der Waals surface area contributed by atoms with E-state index in [1.165, 1.54) is 5.57 Å². The predicted molar refractivity (Wildman–Crippen MR) is 70.3 cm³/mol. The molecule has 16 heavy (non-hydrogen) atoms. The molecule has 0 heterocycles. The van der Waals surface area contributed by atoms with Gasteiger partial charge in [-0.15, -0.1) is 0 Å². The van der Waals surface area contributed by atoms with Crippen molar-refractivity contribution in [1.29, 1.82) is 0 Å². The molecule has 0 aromatic carbocycles. The summed E-state index contributed by atoms with van der Waals surface area (Å²) in [5, 5.41) is 10.0. The van der Waals surface area contributed by atoms with E-state index in [-0.39, 0.29) is 11.5 Å². The van der Waals surface area contributed by atoms with Gasteiger partial charge in [0.25, 0.3) is 0 Å². The molecule has 90 valence electrons. The summed E-state index contributed by atoms with van der Waals surface area (Å²) in [5.41, 5.74) is 2.41. The second-order valence-corrected chi connectivity index (χ2v) is 5.56. The molecule has 1 nitrogen and oxygen atoms in total. The Morgan fingerprint density at radius 1 is 1.44 bits per heavy atom. The summed E-state index contributed by atoms with van der Waals surface area (Å²) in [4.78, 5) is 0. The molecule has 0 fully saturated rings. The van der Waals surface area contributed by atoms with Gasteiger partial charge in [0.05, 0.1) is 6.10 Å². The molecule has 1 aliphatic carbocycles. The van der Waals surface area contributed by atoms with E-state index >= 15 is 0 Å². The highest BCUT2D eigenvalue weighted by atomic mass is 16.3. The highest BCUT2D eigenvalue weighted by molar-refractivity contribution is 5.12. The molecule has 0 aliphatic heterocycles. The van der Waals surface area contributed by atoms with Crippen molar-refractivity contribution in [2.24, 2.45) is 5.41 Å². The van der Waals surface area contributed by atoms with Gasteiger partial charge in [0.1, 0.15) is 0 Å². The smallest absolute Gasteiger partial charge is 0.0755 e. The maximum atomic E-state index is 10.0. The summed E-state index contributed by atoms with van der Waals surface area (Å²) >= 11 is 0. The topological polar surface area (TPSA) is 20.2 Å². The predicted octanol–water partition coefficient (Wildman–Crippen LogP) is 4.01. The molecule has 0 spiro atoms. The average Bonchev–Trinajstić information content (AvgIpc) is 2.16. The highest BCUT2D eigenvalue weighted by Crippen LogP contribution is 2.28. The number of rotatable bonds is 0. The summed E-state index contributed by atoms with van der Waals surface area (Å²) in [5.74, 6) is 0. The van der Waals surface area contributed by atoms with E-state index in [1.807, 2.05) is 0 Å². The van der Waals surface area contributed by atoms with Crippen molar-refractivity contribution < 1.29 is 5.11 Å². The van der Waals surface area contributed by atoms with Crippen LogP contribution in [0.4, 0.5) is 0 Å². The van der Waals surface area contributed by atoms with E-state index in [2.05, 4.69) is 45.6 Å². The SMILES string of the molecule is C=C1CC/C=C(/C)C/C=C\C(C)(C)C[C@@H]1O. The fourth-order valence-electron chi connectivity index (χ4n) is 2.03. The first kappa shape index (κ1) is 13.2. The third-order valence-electron chi connectivity index (χ3n) is 3.16. The first-order chi connectivity index (χ1) is 7.41. The Kier molecular flexibility index (Phi) is 4.55. The number of hydrogen-bond acceptors (Lipinski definition) is 1. The molecule has 0 radical (unpaired) electrons. The average molecular weight is 220 g/mol. The van der Waals surface area contributed by atoms with E-state index < -0.39 is 0 Å². The quantitative estimate of drug-likeness (QED) is 0.612. The molecule has 0 aromatic rings. The van der Waals surface area contributed by atoms with Gasteiger partial charge in [-0.05, 0) is 43.6 Å². The maximum absolute atomic E-state index is 10.0. The zero-order valence-corrected chi connectivity index (χ0v) is 10.8. The summed E-state index contributed by atoms with van der Waals surface area (Å²) < 4.78 is 0. The standard InChI is InChI=1S/C15H24O/c1-12-7-5-9-13(2)14(16)11-15(3,4)10-6-8-12/h6-7,10,14,16H,2,5,8-9,11H2,1,3-4H3/b10-6-,12-7-/t14-/m0/s1. The lowest BCUT2D eigenvalue weighted by atomic mass is 9.84. The molecule has 0 amide bonds. The molecule has 0 bridgehead atoms. The Morgan fingerprint density at radius 2 is 2.12 bits per heavy atom. The van der Waals surface area contributed by atoms with Crippen LogP contribution in [0, 0.1) is 5.41 Å². The van der Waals surface area contributed by atoms with Crippen molar-refractivity contribution in [1.82, 2.24) is 0 Å². The molecule has 0 unspecified atom stereocenters. The van der Waals surface area contributed by atoms with Gasteiger partial charge in [-0.25, -0.2) is 0 Å². The Bertz CT molecular complexity index is 307. The van der Waals surface area contributed by atoms with Crippen LogP contribution >= 0.6 is 0 Å². The van der Waals surface area contributed by atoms with Crippen LogP contribution in [0.2, 0.25) is 0 Å². The lowest BCUT2D eigenvalue weighted by molar-refractivity contribution is 0.160. The number of aliphatic hydroxyl groups is 1. The van der Waals surface area contributed by atoms with Crippen LogP contribution in [0.5, 0.6) is 0 Å². The normalized spacial score (nSPS) is 32.4. The third kappa shape index (κ3) is 4.36. The molecule has 1 N–H and O–H groups in total. The van der Waals surface area contributed by atoms with Crippen molar-refractivity contribution >= 4 is 0 Å². The second-order valence-electron chi connectivity index (χ2n) is 5.56. The molecule has 0 saturated heterocycles. The minimum atomic E-state index is -0.369. The second kappa shape index (κ2) is 5.49. The van der Waals surface area contributed by atoms with E-state index in [1.54, 1.807) is 0 Å². The van der Waals surface area contributed by atoms with Crippen molar-refractivity contribution in [3.63, 3.8) is 0 Å². The maximum Gasteiger partial charge on any atom is 0.0755 e. The van der Waals surface area contributed by atoms with Crippen LogP contribution in [-0.4, -0.2) is 11.2 Å². The van der Waals surface area contributed by atoms with Crippen LogP contribution in [0.1, 0.15) is 46.5 Å². The van der Waals surface area contributed by atoms with Gasteiger partial charge in [-0.1, -0.05) is 44.2 Å². The summed E-state index contributed by atoms with van der Waals surface area (Å²) in [7, 11) is 0. The number of allylic oxidation sites excluding steroid dienone is 4. The fourth-order valence-corrected chi connectivity index (χ4v) is 2.03. The van der Waals surface area contributed by atoms with Gasteiger partial charge >= 0.3 is 0 Å². The Hall–Kier alpha value is -0.820. The largest absolute Gasteiger partial charge is 0.389 e. The zero-order chi connectivity index (χ0) is 12.2. The minimum absolute atomic E-state index is 0.0486. The molecule has 1 atom stereocenters. The Labute approximate surface area is 99.6 Å². The van der Waals surface area contributed by atoms with Crippen LogP contribution in [-0.2, 0) is 0 Å². The molecular weight excluding hydrogens is 196 g/mol. The minimum Gasteiger partial charge on any atom is -0.389 e. The highest BCUT2D eigenvalue weighted by Gasteiger charge is 2.20. The molecule has 0 aromatic heterocycles. The van der Waals surface area contributed by atoms with Gasteiger partial charge in [0.15, 0.2) is 0 Å². The van der Waals surface area contributed by atoms with Gasteiger partial charge in [0.2, 0.25) is 0 Å². The van der Waals surface area contributed by atoms with E-state index in [0.29, 0.717) is 0 Å². The zero-order valence-electron chi connectivity index (χ0n) is 10.8. The molecule has 1 heteroatoms. The Morgan fingerprint density at radius 3 is 2.81 bits per heavy atom. The number of hydrogen-bond donors (Lipinski definition) is 1. The van der Waals surface area contributed by atoms with E-state index in [4.69, 9.17) is 0 Å². The van der Waals surface area contributed by atoms with Gasteiger partial charge in [-0.2, -0.15) is 0 Å². The first-order valence-corrected chi connectivity index (χ1v) is 6.10. The van der Waals surface area contributed by atoms with Crippen LogP contribution < -0.4 is 0 Å². The van der Waals surface area contributed by atoms with Gasteiger partial charge in [-0.3, -0.25) is 0 Å². The molecule has 1 aliphatic rings. The van der Waals surface area contributed by atoms with Crippen LogP contribution in [0.3, 0.4) is 0 Å². The van der Waals surface area contributed by atoms with Crippen molar-refractivity contribution in [3.05, 3.63) is 36.0 Å². The molecular formula is C15H24O.